The van der Waals surface area contributed by atoms with E-state index < -0.39 is 0 Å². The summed E-state index contributed by atoms with van der Waals surface area (Å²) in [5.74, 6) is -0.390. The molecule has 21 heavy (non-hydrogen) atoms. The molecule has 4 rings (SSSR count). The van der Waals surface area contributed by atoms with Gasteiger partial charge in [-0.15, -0.1) is 0 Å². The van der Waals surface area contributed by atoms with Crippen molar-refractivity contribution < 1.29 is 9.50 Å². The Hall–Kier alpha value is -2.89. The van der Waals surface area contributed by atoms with Gasteiger partial charge in [-0.25, -0.2) is 13.9 Å². The first-order valence-corrected chi connectivity index (χ1v) is 6.44. The highest BCUT2D eigenvalue weighted by atomic mass is 19.1. The van der Waals surface area contributed by atoms with Crippen LogP contribution in [0.15, 0.2) is 36.8 Å². The van der Waals surface area contributed by atoms with Crippen LogP contribution in [-0.4, -0.2) is 24.7 Å². The fourth-order valence-electron chi connectivity index (χ4n) is 2.69. The van der Waals surface area contributed by atoms with Crippen molar-refractivity contribution in [2.24, 2.45) is 0 Å². The van der Waals surface area contributed by atoms with Gasteiger partial charge in [0.1, 0.15) is 17.8 Å². The molecule has 3 aromatic heterocycles. The predicted octanol–water partition coefficient (Wildman–Crippen LogP) is 3.03. The van der Waals surface area contributed by atoms with Gasteiger partial charge in [-0.1, -0.05) is 0 Å². The number of nitrogens with zero attached hydrogens (tertiary/aromatic N) is 3. The fourth-order valence-corrected chi connectivity index (χ4v) is 2.69. The van der Waals surface area contributed by atoms with Crippen molar-refractivity contribution in [2.75, 3.05) is 0 Å². The molecule has 6 heteroatoms. The second-order valence-electron chi connectivity index (χ2n) is 4.94. The number of H-pyrrole nitrogens is 1. The molecule has 0 aliphatic heterocycles. The molecular formula is C15H11FN4O. The number of halogens is 1. The van der Waals surface area contributed by atoms with E-state index in [-0.39, 0.29) is 11.7 Å². The molecule has 0 aliphatic rings. The van der Waals surface area contributed by atoms with Crippen LogP contribution in [0.2, 0.25) is 0 Å². The number of hydrogen-bond donors (Lipinski definition) is 2. The van der Waals surface area contributed by atoms with Crippen LogP contribution in [0.5, 0.6) is 5.88 Å². The van der Waals surface area contributed by atoms with Gasteiger partial charge >= 0.3 is 0 Å². The lowest BCUT2D eigenvalue weighted by molar-refractivity contribution is 0.460. The van der Waals surface area contributed by atoms with Gasteiger partial charge in [0.05, 0.1) is 16.6 Å². The number of aromatic amines is 1. The van der Waals surface area contributed by atoms with Gasteiger partial charge in [0.2, 0.25) is 0 Å². The Balaban J connectivity index is 2.14. The van der Waals surface area contributed by atoms with E-state index in [0.29, 0.717) is 16.8 Å². The third-order valence-electron chi connectivity index (χ3n) is 3.63. The number of aromatic hydroxyl groups is 1. The Morgan fingerprint density at radius 3 is 3.00 bits per heavy atom. The lowest BCUT2D eigenvalue weighted by atomic mass is 10.1. The molecule has 0 fully saturated rings. The van der Waals surface area contributed by atoms with Gasteiger partial charge in [-0.3, -0.25) is 0 Å². The molecule has 0 saturated carbocycles. The third kappa shape index (κ3) is 1.62. The van der Waals surface area contributed by atoms with E-state index in [1.165, 1.54) is 18.5 Å². The monoisotopic (exact) mass is 282 g/mol. The largest absolute Gasteiger partial charge is 0.494 e. The van der Waals surface area contributed by atoms with Crippen LogP contribution in [0.1, 0.15) is 5.56 Å². The number of hydrogen-bond acceptors (Lipinski definition) is 3. The molecule has 0 spiro atoms. The standard InChI is InChI=1S/C15H11FN4O/c1-8-4-5-20-14(8)13(17-7-18-20)12-10-3-2-9(16)6-11(10)19-15(12)21/h2-7,19,21H,1H3. The quantitative estimate of drug-likeness (QED) is 0.564. The van der Waals surface area contributed by atoms with Crippen molar-refractivity contribution >= 4 is 16.4 Å². The molecule has 0 bridgehead atoms. The summed E-state index contributed by atoms with van der Waals surface area (Å²) in [7, 11) is 0. The van der Waals surface area contributed by atoms with E-state index >= 15 is 0 Å². The number of rotatable bonds is 1. The molecule has 0 atom stereocenters. The average Bonchev–Trinajstić information content (AvgIpc) is 2.98. The van der Waals surface area contributed by atoms with Gasteiger partial charge in [-0.05, 0) is 36.8 Å². The molecule has 0 unspecified atom stereocenters. The second-order valence-corrected chi connectivity index (χ2v) is 4.94. The molecule has 0 amide bonds. The molecule has 0 radical (unpaired) electrons. The fraction of sp³-hybridized carbons (Fsp3) is 0.0667. The van der Waals surface area contributed by atoms with E-state index in [2.05, 4.69) is 15.1 Å². The predicted molar refractivity (Wildman–Crippen MR) is 76.6 cm³/mol. The van der Waals surface area contributed by atoms with Crippen molar-refractivity contribution in [3.05, 3.63) is 48.2 Å². The Morgan fingerprint density at radius 1 is 1.29 bits per heavy atom. The Morgan fingerprint density at radius 2 is 2.14 bits per heavy atom. The molecule has 3 heterocycles. The van der Waals surface area contributed by atoms with Crippen LogP contribution in [0.4, 0.5) is 4.39 Å². The van der Waals surface area contributed by atoms with Crippen molar-refractivity contribution in [1.29, 1.82) is 0 Å². The lowest BCUT2D eigenvalue weighted by Gasteiger charge is -2.04. The molecule has 104 valence electrons. The van der Waals surface area contributed by atoms with E-state index in [9.17, 15) is 9.50 Å². The maximum Gasteiger partial charge on any atom is 0.199 e. The van der Waals surface area contributed by atoms with Crippen molar-refractivity contribution in [3.8, 4) is 17.1 Å². The molecule has 4 aromatic rings. The van der Waals surface area contributed by atoms with Crippen LogP contribution in [0.25, 0.3) is 27.7 Å². The van der Waals surface area contributed by atoms with Crippen LogP contribution in [0, 0.1) is 12.7 Å². The number of aryl methyl sites for hydroxylation is 1. The van der Waals surface area contributed by atoms with Crippen LogP contribution in [0.3, 0.4) is 0 Å². The highest BCUT2D eigenvalue weighted by Crippen LogP contribution is 2.38. The summed E-state index contributed by atoms with van der Waals surface area (Å²) < 4.78 is 15.0. The number of fused-ring (bicyclic) bond motifs is 2. The van der Waals surface area contributed by atoms with E-state index in [4.69, 9.17) is 0 Å². The van der Waals surface area contributed by atoms with Gasteiger partial charge in [0.25, 0.3) is 0 Å². The van der Waals surface area contributed by atoms with E-state index in [1.807, 2.05) is 19.2 Å². The zero-order valence-electron chi connectivity index (χ0n) is 11.1. The SMILES string of the molecule is Cc1ccn2ncnc(-c3c(O)[nH]c4cc(F)ccc34)c12. The van der Waals surface area contributed by atoms with Gasteiger partial charge in [0.15, 0.2) is 5.88 Å². The highest BCUT2D eigenvalue weighted by Gasteiger charge is 2.18. The summed E-state index contributed by atoms with van der Waals surface area (Å²) in [6, 6.07) is 6.27. The summed E-state index contributed by atoms with van der Waals surface area (Å²) in [6.07, 6.45) is 3.27. The summed E-state index contributed by atoms with van der Waals surface area (Å²) in [5.41, 5.74) is 3.52. The molecular weight excluding hydrogens is 271 g/mol. The number of benzene rings is 1. The van der Waals surface area contributed by atoms with Crippen LogP contribution >= 0.6 is 0 Å². The van der Waals surface area contributed by atoms with Gasteiger partial charge < -0.3 is 10.1 Å². The van der Waals surface area contributed by atoms with Crippen LogP contribution in [-0.2, 0) is 0 Å². The Bertz CT molecular complexity index is 986. The number of aromatic nitrogens is 4. The maximum atomic E-state index is 13.3. The topological polar surface area (TPSA) is 66.2 Å². The summed E-state index contributed by atoms with van der Waals surface area (Å²) in [4.78, 5) is 7.10. The molecule has 2 N–H and O–H groups in total. The minimum Gasteiger partial charge on any atom is -0.494 e. The first-order chi connectivity index (χ1) is 10.1. The maximum absolute atomic E-state index is 13.3. The first-order valence-electron chi connectivity index (χ1n) is 6.44. The smallest absolute Gasteiger partial charge is 0.199 e. The summed E-state index contributed by atoms with van der Waals surface area (Å²) >= 11 is 0. The molecule has 0 saturated heterocycles. The minimum atomic E-state index is -0.359. The Labute approximate surface area is 118 Å². The third-order valence-corrected chi connectivity index (χ3v) is 3.63. The second kappa shape index (κ2) is 4.05. The molecule has 1 aromatic carbocycles. The zero-order chi connectivity index (χ0) is 14.6. The normalized spacial score (nSPS) is 11.5. The number of nitrogens with one attached hydrogen (secondary N) is 1. The van der Waals surface area contributed by atoms with Crippen molar-refractivity contribution in [3.63, 3.8) is 0 Å². The summed E-state index contributed by atoms with van der Waals surface area (Å²) in [5, 5.41) is 15.1. The first kappa shape index (κ1) is 11.9. The van der Waals surface area contributed by atoms with Gasteiger partial charge in [-0.2, -0.15) is 5.10 Å². The zero-order valence-corrected chi connectivity index (χ0v) is 11.1. The van der Waals surface area contributed by atoms with Crippen LogP contribution < -0.4 is 0 Å². The lowest BCUT2D eigenvalue weighted by Crippen LogP contribution is -1.95. The summed E-state index contributed by atoms with van der Waals surface area (Å²) in [6.45, 7) is 1.95. The molecule has 5 nitrogen and oxygen atoms in total. The van der Waals surface area contributed by atoms with E-state index in [0.717, 1.165) is 16.5 Å². The minimum absolute atomic E-state index is 0.0307. The van der Waals surface area contributed by atoms with Gasteiger partial charge in [0, 0.05) is 11.6 Å². The van der Waals surface area contributed by atoms with Crippen molar-refractivity contribution in [1.82, 2.24) is 19.6 Å². The highest BCUT2D eigenvalue weighted by molar-refractivity contribution is 6.01. The Kier molecular flexibility index (Phi) is 2.29. The van der Waals surface area contributed by atoms with Crippen molar-refractivity contribution in [2.45, 2.75) is 6.92 Å². The van der Waals surface area contributed by atoms with E-state index in [1.54, 1.807) is 10.6 Å². The average molecular weight is 282 g/mol. The molecule has 0 aliphatic carbocycles.